The summed E-state index contributed by atoms with van der Waals surface area (Å²) in [5.74, 6) is -0.546. The highest BCUT2D eigenvalue weighted by molar-refractivity contribution is 9.10. The van der Waals surface area contributed by atoms with Crippen molar-refractivity contribution in [2.75, 3.05) is 5.32 Å². The van der Waals surface area contributed by atoms with Gasteiger partial charge in [0.15, 0.2) is 5.69 Å². The van der Waals surface area contributed by atoms with Crippen LogP contribution in [0, 0.1) is 13.8 Å². The fraction of sp³-hybridized carbons (Fsp3) is 0.235. The van der Waals surface area contributed by atoms with E-state index in [9.17, 15) is 13.6 Å². The average Bonchev–Trinajstić information content (AvgIpc) is 3.18. The van der Waals surface area contributed by atoms with Gasteiger partial charge < -0.3 is 5.32 Å². The zero-order valence-corrected chi connectivity index (χ0v) is 15.7. The highest BCUT2D eigenvalue weighted by atomic mass is 79.9. The molecule has 0 atom stereocenters. The van der Waals surface area contributed by atoms with E-state index in [0.29, 0.717) is 16.9 Å². The van der Waals surface area contributed by atoms with Crippen LogP contribution in [0.15, 0.2) is 41.0 Å². The van der Waals surface area contributed by atoms with Crippen LogP contribution in [0.5, 0.6) is 0 Å². The van der Waals surface area contributed by atoms with Crippen molar-refractivity contribution in [1.29, 1.82) is 0 Å². The monoisotopic (exact) mass is 423 g/mol. The molecule has 0 bridgehead atoms. The predicted molar refractivity (Wildman–Crippen MR) is 96.4 cm³/mol. The lowest BCUT2D eigenvalue weighted by Gasteiger charge is -2.08. The van der Waals surface area contributed by atoms with Gasteiger partial charge in [0.1, 0.15) is 0 Å². The lowest BCUT2D eigenvalue weighted by Crippen LogP contribution is -2.14. The molecule has 0 aliphatic carbocycles. The summed E-state index contributed by atoms with van der Waals surface area (Å²) in [5.41, 5.74) is 3.34. The first-order chi connectivity index (χ1) is 12.3. The molecule has 3 aromatic rings. The fourth-order valence-corrected chi connectivity index (χ4v) is 2.80. The summed E-state index contributed by atoms with van der Waals surface area (Å²) in [7, 11) is 0. The van der Waals surface area contributed by atoms with E-state index in [2.05, 4.69) is 31.4 Å². The van der Waals surface area contributed by atoms with Gasteiger partial charge in [-0.05, 0) is 53.5 Å². The lowest BCUT2D eigenvalue weighted by molar-refractivity contribution is 0.0561. The zero-order valence-electron chi connectivity index (χ0n) is 14.1. The molecule has 1 aromatic carbocycles. The minimum Gasteiger partial charge on any atom is -0.321 e. The van der Waals surface area contributed by atoms with Crippen molar-refractivity contribution in [3.8, 4) is 0 Å². The number of alkyl halides is 2. The molecule has 0 aliphatic rings. The maximum Gasteiger partial charge on any atom is 0.333 e. The first kappa shape index (κ1) is 18.2. The van der Waals surface area contributed by atoms with Crippen LogP contribution in [0.25, 0.3) is 0 Å². The van der Waals surface area contributed by atoms with Gasteiger partial charge in [-0.3, -0.25) is 9.48 Å². The molecule has 0 saturated carbocycles. The molecule has 26 heavy (non-hydrogen) atoms. The van der Waals surface area contributed by atoms with Gasteiger partial charge in [-0.15, -0.1) is 0 Å². The van der Waals surface area contributed by atoms with E-state index in [0.717, 1.165) is 27.6 Å². The normalized spacial score (nSPS) is 11.2. The third-order valence-corrected chi connectivity index (χ3v) is 5.00. The average molecular weight is 424 g/mol. The highest BCUT2D eigenvalue weighted by Crippen LogP contribution is 2.21. The molecule has 0 aliphatic heterocycles. The number of benzene rings is 1. The molecule has 0 fully saturated rings. The van der Waals surface area contributed by atoms with Crippen molar-refractivity contribution in [2.45, 2.75) is 26.9 Å². The minimum absolute atomic E-state index is 0.0711. The van der Waals surface area contributed by atoms with Gasteiger partial charge in [0.2, 0.25) is 0 Å². The van der Waals surface area contributed by atoms with Crippen LogP contribution in [0.4, 0.5) is 14.5 Å². The summed E-state index contributed by atoms with van der Waals surface area (Å²) in [6.45, 7) is 1.65. The highest BCUT2D eigenvalue weighted by Gasteiger charge is 2.14. The predicted octanol–water partition coefficient (Wildman–Crippen LogP) is 4.15. The Hall–Kier alpha value is -2.55. The van der Waals surface area contributed by atoms with Crippen molar-refractivity contribution >= 4 is 27.5 Å². The van der Waals surface area contributed by atoms with Crippen molar-refractivity contribution < 1.29 is 13.6 Å². The molecular formula is C17H16BrF2N5O. The van der Waals surface area contributed by atoms with Crippen molar-refractivity contribution in [3.05, 3.63) is 63.6 Å². The number of amides is 1. The van der Waals surface area contributed by atoms with E-state index in [4.69, 9.17) is 0 Å². The Morgan fingerprint density at radius 1 is 1.27 bits per heavy atom. The first-order valence-corrected chi connectivity index (χ1v) is 8.57. The molecule has 0 spiro atoms. The van der Waals surface area contributed by atoms with Crippen LogP contribution in [0.3, 0.4) is 0 Å². The summed E-state index contributed by atoms with van der Waals surface area (Å²) < 4.78 is 28.4. The third-order valence-electron chi connectivity index (χ3n) is 3.85. The van der Waals surface area contributed by atoms with Crippen molar-refractivity contribution in [2.24, 2.45) is 0 Å². The number of carbonyl (C=O) groups is 1. The Bertz CT molecular complexity index is 951. The summed E-state index contributed by atoms with van der Waals surface area (Å²) in [6.07, 6.45) is 1.07. The molecule has 0 unspecified atom stereocenters. The van der Waals surface area contributed by atoms with E-state index >= 15 is 0 Å². The summed E-state index contributed by atoms with van der Waals surface area (Å²) in [4.78, 5) is 12.2. The number of nitrogens with one attached hydrogen (secondary N) is 1. The molecule has 0 saturated heterocycles. The number of carbonyl (C=O) groups excluding carboxylic acids is 1. The van der Waals surface area contributed by atoms with Crippen LogP contribution < -0.4 is 5.32 Å². The van der Waals surface area contributed by atoms with E-state index in [1.54, 1.807) is 6.07 Å². The third kappa shape index (κ3) is 3.82. The summed E-state index contributed by atoms with van der Waals surface area (Å²) in [5, 5.41) is 10.7. The quantitative estimate of drug-likeness (QED) is 0.669. The molecule has 2 heterocycles. The van der Waals surface area contributed by atoms with E-state index in [1.807, 2.05) is 36.7 Å². The number of rotatable bonds is 5. The molecule has 0 radical (unpaired) electrons. The second-order valence-corrected chi connectivity index (χ2v) is 6.55. The second kappa shape index (κ2) is 7.36. The molecule has 136 valence electrons. The number of anilines is 1. The van der Waals surface area contributed by atoms with Gasteiger partial charge in [-0.2, -0.15) is 19.0 Å². The molecule has 9 heteroatoms. The molecule has 1 N–H and O–H groups in total. The molecule has 2 aromatic heterocycles. The van der Waals surface area contributed by atoms with Crippen LogP contribution in [0.1, 0.15) is 34.0 Å². The number of halogens is 3. The van der Waals surface area contributed by atoms with Crippen LogP contribution in [-0.2, 0) is 6.54 Å². The van der Waals surface area contributed by atoms with Crippen LogP contribution >= 0.6 is 15.9 Å². The summed E-state index contributed by atoms with van der Waals surface area (Å²) in [6, 6.07) is 8.52. The Labute approximate surface area is 156 Å². The van der Waals surface area contributed by atoms with Gasteiger partial charge in [0, 0.05) is 11.9 Å². The number of aromatic nitrogens is 4. The summed E-state index contributed by atoms with van der Waals surface area (Å²) >= 11 is 3.50. The van der Waals surface area contributed by atoms with E-state index < -0.39 is 12.5 Å². The van der Waals surface area contributed by atoms with Gasteiger partial charge in [0.25, 0.3) is 5.91 Å². The maximum atomic E-state index is 12.6. The van der Waals surface area contributed by atoms with Crippen LogP contribution in [-0.4, -0.2) is 25.5 Å². The van der Waals surface area contributed by atoms with Gasteiger partial charge in [-0.1, -0.05) is 12.1 Å². The Kier molecular flexibility index (Phi) is 5.17. The number of hydrogen-bond donors (Lipinski definition) is 1. The standard InChI is InChI=1S/C17H16BrF2N5O/c1-10-15(18)11(2)25(22-10)9-12-4-3-5-13(8-12)21-16(26)14-6-7-24(23-14)17(19)20/h3-8,17H,9H2,1-2H3,(H,21,26). The number of nitrogens with zero attached hydrogens (tertiary/aromatic N) is 4. The zero-order chi connectivity index (χ0) is 18.8. The Morgan fingerprint density at radius 3 is 2.65 bits per heavy atom. The second-order valence-electron chi connectivity index (χ2n) is 5.76. The van der Waals surface area contributed by atoms with Crippen molar-refractivity contribution in [3.63, 3.8) is 0 Å². The number of aryl methyl sites for hydroxylation is 1. The topological polar surface area (TPSA) is 64.7 Å². The molecule has 6 nitrogen and oxygen atoms in total. The SMILES string of the molecule is Cc1nn(Cc2cccc(NC(=O)c3ccn(C(F)F)n3)c2)c(C)c1Br. The molecule has 1 amide bonds. The van der Waals surface area contributed by atoms with E-state index in [1.165, 1.54) is 6.07 Å². The van der Waals surface area contributed by atoms with Gasteiger partial charge in [0.05, 0.1) is 22.4 Å². The maximum absolute atomic E-state index is 12.6. The molecule has 3 rings (SSSR count). The van der Waals surface area contributed by atoms with Crippen molar-refractivity contribution in [1.82, 2.24) is 19.6 Å². The van der Waals surface area contributed by atoms with E-state index in [-0.39, 0.29) is 5.69 Å². The van der Waals surface area contributed by atoms with Crippen LogP contribution in [0.2, 0.25) is 0 Å². The largest absolute Gasteiger partial charge is 0.333 e. The van der Waals surface area contributed by atoms with Gasteiger partial charge >= 0.3 is 6.55 Å². The lowest BCUT2D eigenvalue weighted by atomic mass is 10.2. The Balaban J connectivity index is 1.74. The fourth-order valence-electron chi connectivity index (χ4n) is 2.51. The first-order valence-electron chi connectivity index (χ1n) is 7.78. The number of hydrogen-bond acceptors (Lipinski definition) is 3. The molecular weight excluding hydrogens is 408 g/mol. The Morgan fingerprint density at radius 2 is 2.04 bits per heavy atom. The van der Waals surface area contributed by atoms with Gasteiger partial charge in [-0.25, -0.2) is 4.68 Å². The smallest absolute Gasteiger partial charge is 0.321 e. The minimum atomic E-state index is -2.78.